The van der Waals surface area contributed by atoms with Crippen molar-refractivity contribution >= 4 is 5.97 Å². The zero-order valence-corrected chi connectivity index (χ0v) is 8.95. The van der Waals surface area contributed by atoms with Crippen molar-refractivity contribution in [3.05, 3.63) is 29.8 Å². The number of carbonyl (C=O) groups is 1. The first-order valence-corrected chi connectivity index (χ1v) is 4.67. The Morgan fingerprint density at radius 2 is 2.07 bits per heavy atom. The first-order valence-electron chi connectivity index (χ1n) is 4.67. The van der Waals surface area contributed by atoms with Crippen molar-refractivity contribution in [2.24, 2.45) is 0 Å². The van der Waals surface area contributed by atoms with Crippen LogP contribution in [0.4, 0.5) is 0 Å². The van der Waals surface area contributed by atoms with Crippen molar-refractivity contribution in [2.45, 2.75) is 6.54 Å². The van der Waals surface area contributed by atoms with Crippen LogP contribution in [0.5, 0.6) is 5.75 Å². The zero-order valence-electron chi connectivity index (χ0n) is 8.95. The Hall–Kier alpha value is -1.55. The highest BCUT2D eigenvalue weighted by molar-refractivity contribution is 5.71. The second kappa shape index (κ2) is 6.03. The van der Waals surface area contributed by atoms with E-state index in [-0.39, 0.29) is 12.5 Å². The van der Waals surface area contributed by atoms with E-state index in [2.05, 4.69) is 10.1 Å². The third kappa shape index (κ3) is 3.59. The van der Waals surface area contributed by atoms with Gasteiger partial charge in [-0.25, -0.2) is 0 Å². The number of para-hydroxylation sites is 1. The molecule has 0 aliphatic carbocycles. The van der Waals surface area contributed by atoms with Crippen LogP contribution >= 0.6 is 0 Å². The number of rotatable bonds is 5. The van der Waals surface area contributed by atoms with Crippen LogP contribution in [-0.2, 0) is 16.1 Å². The molecule has 1 N–H and O–H groups in total. The lowest BCUT2D eigenvalue weighted by molar-refractivity contribution is -0.139. The van der Waals surface area contributed by atoms with Crippen LogP contribution in [0.3, 0.4) is 0 Å². The Balaban J connectivity index is 2.46. The molecule has 4 nitrogen and oxygen atoms in total. The fourth-order valence-corrected chi connectivity index (χ4v) is 1.22. The van der Waals surface area contributed by atoms with E-state index in [0.29, 0.717) is 6.54 Å². The predicted molar refractivity (Wildman–Crippen MR) is 56.7 cm³/mol. The van der Waals surface area contributed by atoms with Crippen LogP contribution in [0.1, 0.15) is 5.56 Å². The molecular weight excluding hydrogens is 194 g/mol. The van der Waals surface area contributed by atoms with E-state index in [1.54, 1.807) is 7.11 Å². The highest BCUT2D eigenvalue weighted by Crippen LogP contribution is 2.16. The number of hydrogen-bond acceptors (Lipinski definition) is 4. The van der Waals surface area contributed by atoms with Crippen LogP contribution in [0.2, 0.25) is 0 Å². The van der Waals surface area contributed by atoms with Gasteiger partial charge in [-0.05, 0) is 6.07 Å². The van der Waals surface area contributed by atoms with E-state index < -0.39 is 0 Å². The summed E-state index contributed by atoms with van der Waals surface area (Å²) in [7, 11) is 2.99. The topological polar surface area (TPSA) is 47.6 Å². The molecule has 0 amide bonds. The number of hydrogen-bond donors (Lipinski definition) is 1. The van der Waals surface area contributed by atoms with E-state index in [1.807, 2.05) is 24.3 Å². The Morgan fingerprint density at radius 3 is 2.73 bits per heavy atom. The van der Waals surface area contributed by atoms with E-state index in [9.17, 15) is 4.79 Å². The van der Waals surface area contributed by atoms with Crippen molar-refractivity contribution in [1.29, 1.82) is 0 Å². The third-order valence-corrected chi connectivity index (χ3v) is 2.00. The van der Waals surface area contributed by atoms with Gasteiger partial charge in [0.05, 0.1) is 20.8 Å². The van der Waals surface area contributed by atoms with Crippen molar-refractivity contribution in [2.75, 3.05) is 20.8 Å². The van der Waals surface area contributed by atoms with Gasteiger partial charge >= 0.3 is 5.97 Å². The quantitative estimate of drug-likeness (QED) is 0.734. The first kappa shape index (κ1) is 11.5. The molecule has 15 heavy (non-hydrogen) atoms. The van der Waals surface area contributed by atoms with E-state index in [0.717, 1.165) is 11.3 Å². The smallest absolute Gasteiger partial charge is 0.319 e. The van der Waals surface area contributed by atoms with Crippen LogP contribution in [0, 0.1) is 0 Å². The summed E-state index contributed by atoms with van der Waals surface area (Å²) in [5.74, 6) is 0.541. The molecule has 1 rings (SSSR count). The molecule has 0 atom stereocenters. The summed E-state index contributed by atoms with van der Waals surface area (Å²) >= 11 is 0. The maximum atomic E-state index is 10.8. The largest absolute Gasteiger partial charge is 0.496 e. The lowest BCUT2D eigenvalue weighted by Gasteiger charge is -2.08. The molecule has 1 aromatic rings. The molecule has 0 aliphatic heterocycles. The second-order valence-electron chi connectivity index (χ2n) is 2.99. The fraction of sp³-hybridized carbons (Fsp3) is 0.364. The van der Waals surface area contributed by atoms with Crippen molar-refractivity contribution < 1.29 is 14.3 Å². The van der Waals surface area contributed by atoms with Gasteiger partial charge in [-0.2, -0.15) is 0 Å². The second-order valence-corrected chi connectivity index (χ2v) is 2.99. The first-order chi connectivity index (χ1) is 7.27. The van der Waals surface area contributed by atoms with Crippen molar-refractivity contribution in [1.82, 2.24) is 5.32 Å². The molecule has 0 bridgehead atoms. The minimum atomic E-state index is -0.273. The average Bonchev–Trinajstić information content (AvgIpc) is 2.29. The Bertz CT molecular complexity index is 325. The molecule has 0 unspecified atom stereocenters. The van der Waals surface area contributed by atoms with Gasteiger partial charge < -0.3 is 14.8 Å². The molecule has 82 valence electrons. The third-order valence-electron chi connectivity index (χ3n) is 2.00. The number of nitrogens with one attached hydrogen (secondary N) is 1. The number of benzene rings is 1. The summed E-state index contributed by atoms with van der Waals surface area (Å²) in [6.07, 6.45) is 0. The number of methoxy groups -OCH3 is 2. The summed E-state index contributed by atoms with van der Waals surface area (Å²) in [6.45, 7) is 0.785. The van der Waals surface area contributed by atoms with Gasteiger partial charge in [0.1, 0.15) is 5.75 Å². The highest BCUT2D eigenvalue weighted by atomic mass is 16.5. The SMILES string of the molecule is COC(=O)CNCc1ccccc1OC. The molecular formula is C11H15NO3. The summed E-state index contributed by atoms with van der Waals surface area (Å²) in [5, 5.41) is 2.97. The summed E-state index contributed by atoms with van der Waals surface area (Å²) in [4.78, 5) is 10.8. The summed E-state index contributed by atoms with van der Waals surface area (Å²) < 4.78 is 9.69. The van der Waals surface area contributed by atoms with Crippen molar-refractivity contribution in [3.63, 3.8) is 0 Å². The van der Waals surface area contributed by atoms with Gasteiger partial charge in [0, 0.05) is 12.1 Å². The van der Waals surface area contributed by atoms with Gasteiger partial charge in [0.25, 0.3) is 0 Å². The molecule has 1 aromatic carbocycles. The molecule has 0 spiro atoms. The lowest BCUT2D eigenvalue weighted by Crippen LogP contribution is -2.23. The van der Waals surface area contributed by atoms with E-state index in [1.165, 1.54) is 7.11 Å². The summed E-state index contributed by atoms with van der Waals surface area (Å²) in [6, 6.07) is 7.67. The molecule has 4 heteroatoms. The number of carbonyl (C=O) groups excluding carboxylic acids is 1. The zero-order chi connectivity index (χ0) is 11.1. The molecule has 0 saturated heterocycles. The molecule has 0 heterocycles. The van der Waals surface area contributed by atoms with Gasteiger partial charge in [-0.3, -0.25) is 4.79 Å². The molecule has 0 fully saturated rings. The number of esters is 1. The average molecular weight is 209 g/mol. The van der Waals surface area contributed by atoms with E-state index in [4.69, 9.17) is 4.74 Å². The van der Waals surface area contributed by atoms with Crippen LogP contribution in [0.25, 0.3) is 0 Å². The fourth-order valence-electron chi connectivity index (χ4n) is 1.22. The van der Waals surface area contributed by atoms with Gasteiger partial charge in [-0.1, -0.05) is 18.2 Å². The molecule has 0 aliphatic rings. The molecule has 0 radical (unpaired) electrons. The van der Waals surface area contributed by atoms with Crippen LogP contribution in [-0.4, -0.2) is 26.7 Å². The maximum Gasteiger partial charge on any atom is 0.319 e. The highest BCUT2D eigenvalue weighted by Gasteiger charge is 2.02. The Morgan fingerprint density at radius 1 is 1.33 bits per heavy atom. The summed E-state index contributed by atoms with van der Waals surface area (Å²) in [5.41, 5.74) is 1.02. The van der Waals surface area contributed by atoms with Gasteiger partial charge in [0.2, 0.25) is 0 Å². The standard InChI is InChI=1S/C11H15NO3/c1-14-10-6-4-3-5-9(10)7-12-8-11(13)15-2/h3-6,12H,7-8H2,1-2H3. The normalized spacial score (nSPS) is 9.73. The van der Waals surface area contributed by atoms with Gasteiger partial charge in [0.15, 0.2) is 0 Å². The van der Waals surface area contributed by atoms with Gasteiger partial charge in [-0.15, -0.1) is 0 Å². The molecule has 0 aromatic heterocycles. The minimum absolute atomic E-state index is 0.203. The Kier molecular flexibility index (Phi) is 4.63. The van der Waals surface area contributed by atoms with Crippen LogP contribution < -0.4 is 10.1 Å². The number of ether oxygens (including phenoxy) is 2. The van der Waals surface area contributed by atoms with E-state index >= 15 is 0 Å². The van der Waals surface area contributed by atoms with Crippen molar-refractivity contribution in [3.8, 4) is 5.75 Å². The van der Waals surface area contributed by atoms with Crippen LogP contribution in [0.15, 0.2) is 24.3 Å². The predicted octanol–water partition coefficient (Wildman–Crippen LogP) is 0.958. The maximum absolute atomic E-state index is 10.8. The molecule has 0 saturated carbocycles. The Labute approximate surface area is 89.2 Å². The monoisotopic (exact) mass is 209 g/mol. The minimum Gasteiger partial charge on any atom is -0.496 e. The lowest BCUT2D eigenvalue weighted by atomic mass is 10.2.